The average Bonchev–Trinajstić information content (AvgIpc) is 3.73. The van der Waals surface area contributed by atoms with Crippen LogP contribution in [0.15, 0.2) is 29.6 Å². The van der Waals surface area contributed by atoms with Crippen LogP contribution in [-0.4, -0.2) is 112 Å². The summed E-state index contributed by atoms with van der Waals surface area (Å²) >= 11 is 1.07. The van der Waals surface area contributed by atoms with Crippen molar-refractivity contribution in [3.05, 3.63) is 45.9 Å². The molecule has 1 fully saturated rings. The number of phenols is 1. The van der Waals surface area contributed by atoms with Crippen molar-refractivity contribution in [2.24, 2.45) is 17.8 Å². The van der Waals surface area contributed by atoms with Crippen LogP contribution < -0.4 is 21.5 Å². The first-order valence-corrected chi connectivity index (χ1v) is 22.3. The van der Waals surface area contributed by atoms with E-state index in [1.165, 1.54) is 22.4 Å². The van der Waals surface area contributed by atoms with Crippen LogP contribution in [-0.2, 0) is 35.1 Å². The molecular formula is C43H67N7O10S. The van der Waals surface area contributed by atoms with E-state index in [-0.39, 0.29) is 72.8 Å². The fourth-order valence-corrected chi connectivity index (χ4v) is 7.99. The average molecular weight is 874 g/mol. The zero-order valence-corrected chi connectivity index (χ0v) is 37.7. The molecule has 1 aliphatic heterocycles. The van der Waals surface area contributed by atoms with Crippen molar-refractivity contribution < 1.29 is 48.5 Å². The van der Waals surface area contributed by atoms with Crippen LogP contribution in [0, 0.1) is 17.8 Å². The van der Waals surface area contributed by atoms with Gasteiger partial charge in [-0.1, -0.05) is 66.5 Å². The second-order valence-corrected chi connectivity index (χ2v) is 17.1. The molecule has 340 valence electrons. The normalized spacial score (nSPS) is 17.2. The molecule has 0 radical (unpaired) electrons. The second kappa shape index (κ2) is 25.2. The molecule has 3 rings (SSSR count). The smallest absolute Gasteiger partial charge is 0.426 e. The van der Waals surface area contributed by atoms with Gasteiger partial charge in [0.25, 0.3) is 5.91 Å². The number of carbonyl (C=O) groups excluding carboxylic acids is 6. The van der Waals surface area contributed by atoms with Gasteiger partial charge in [0.1, 0.15) is 28.6 Å². The molecule has 2 heterocycles. The van der Waals surface area contributed by atoms with E-state index in [4.69, 9.17) is 9.47 Å². The Morgan fingerprint density at radius 3 is 2.30 bits per heavy atom. The summed E-state index contributed by atoms with van der Waals surface area (Å²) in [7, 11) is 1.90. The van der Waals surface area contributed by atoms with Gasteiger partial charge in [-0.15, -0.1) is 11.3 Å². The monoisotopic (exact) mass is 873 g/mol. The molecule has 6 N–H and O–H groups in total. The molecule has 17 nitrogen and oxygen atoms in total. The lowest BCUT2D eigenvalue weighted by atomic mass is 9.92. The highest BCUT2D eigenvalue weighted by molar-refractivity contribution is 7.09. The SMILES string of the molecule is CCCC(=O)OCN(C(=O)[C@@H](NC(=O)[C@H]1CCCCN1C)C(C)CC)[C@H](C[C@@H](O)c1nc(C(=O)N[C@@H](Cc2ccc(O)cc2)C[C@H](C)C(=O)NNC(=O)OCC)cs1)C(C)C. The topological polar surface area (TPSA) is 229 Å². The summed E-state index contributed by atoms with van der Waals surface area (Å²) in [6, 6.07) is 3.92. The number of benzene rings is 1. The Bertz CT molecular complexity index is 1740. The number of aromatic hydroxyl groups is 1. The number of aliphatic hydroxyl groups is 1. The summed E-state index contributed by atoms with van der Waals surface area (Å²) in [5, 5.41) is 29.2. The highest BCUT2D eigenvalue weighted by atomic mass is 32.1. The number of piperidine rings is 1. The van der Waals surface area contributed by atoms with E-state index in [1.54, 1.807) is 26.0 Å². The number of likely N-dealkylation sites (tertiary alicyclic amines) is 1. The zero-order chi connectivity index (χ0) is 45.2. The lowest BCUT2D eigenvalue weighted by Gasteiger charge is -2.39. The van der Waals surface area contributed by atoms with E-state index < -0.39 is 59.9 Å². The van der Waals surface area contributed by atoms with E-state index in [2.05, 4.69) is 26.5 Å². The maximum Gasteiger partial charge on any atom is 0.426 e. The highest BCUT2D eigenvalue weighted by Crippen LogP contribution is 2.29. The fraction of sp³-hybridized carbons (Fsp3) is 0.651. The zero-order valence-electron chi connectivity index (χ0n) is 36.9. The number of phenolic OH excluding ortho intramolecular Hbond substituents is 1. The van der Waals surface area contributed by atoms with Gasteiger partial charge in [0.05, 0.1) is 12.6 Å². The van der Waals surface area contributed by atoms with Gasteiger partial charge in [0.2, 0.25) is 17.7 Å². The Hall–Kier alpha value is -4.81. The van der Waals surface area contributed by atoms with Crippen molar-refractivity contribution >= 4 is 47.0 Å². The van der Waals surface area contributed by atoms with Crippen molar-refractivity contribution in [2.75, 3.05) is 26.9 Å². The van der Waals surface area contributed by atoms with E-state index in [0.29, 0.717) is 25.7 Å². The van der Waals surface area contributed by atoms with Crippen LogP contribution in [0.1, 0.15) is 127 Å². The second-order valence-electron chi connectivity index (χ2n) is 16.2. The van der Waals surface area contributed by atoms with Crippen molar-refractivity contribution in [2.45, 2.75) is 137 Å². The number of amides is 5. The molecule has 61 heavy (non-hydrogen) atoms. The summed E-state index contributed by atoms with van der Waals surface area (Å²) in [5.74, 6) is -3.26. The molecular weight excluding hydrogens is 807 g/mol. The number of thiazole rings is 1. The number of carbonyl (C=O) groups is 6. The Kier molecular flexibility index (Phi) is 20.9. The number of aromatic nitrogens is 1. The number of nitrogens with one attached hydrogen (secondary N) is 4. The minimum atomic E-state index is -1.23. The first-order chi connectivity index (χ1) is 29.0. The minimum Gasteiger partial charge on any atom is -0.508 e. The van der Waals surface area contributed by atoms with E-state index in [9.17, 15) is 39.0 Å². The van der Waals surface area contributed by atoms with Gasteiger partial charge >= 0.3 is 12.1 Å². The van der Waals surface area contributed by atoms with Crippen molar-refractivity contribution in [1.82, 2.24) is 36.3 Å². The minimum absolute atomic E-state index is 0.00815. The van der Waals surface area contributed by atoms with Gasteiger partial charge in [-0.2, -0.15) is 0 Å². The van der Waals surface area contributed by atoms with Crippen molar-refractivity contribution in [3.8, 4) is 5.75 Å². The van der Waals surface area contributed by atoms with Crippen LogP contribution in [0.4, 0.5) is 4.79 Å². The third-order valence-corrected chi connectivity index (χ3v) is 12.0. The highest BCUT2D eigenvalue weighted by Gasteiger charge is 2.38. The number of hydrogen-bond acceptors (Lipinski definition) is 13. The molecule has 0 bridgehead atoms. The van der Waals surface area contributed by atoms with E-state index >= 15 is 0 Å². The molecule has 18 heteroatoms. The molecule has 0 saturated carbocycles. The number of nitrogens with zero attached hydrogens (tertiary/aromatic N) is 3. The molecule has 1 aromatic heterocycles. The summed E-state index contributed by atoms with van der Waals surface area (Å²) in [6.07, 6.45) is 2.32. The van der Waals surface area contributed by atoms with Gasteiger partial charge in [-0.25, -0.2) is 15.2 Å². The van der Waals surface area contributed by atoms with Gasteiger partial charge in [-0.3, -0.25) is 34.3 Å². The molecule has 1 saturated heterocycles. The number of likely N-dealkylation sites (N-methyl/N-ethyl adjacent to an activating group) is 1. The molecule has 1 aliphatic rings. The largest absolute Gasteiger partial charge is 0.508 e. The molecule has 1 unspecified atom stereocenters. The van der Waals surface area contributed by atoms with Gasteiger partial charge < -0.3 is 35.2 Å². The van der Waals surface area contributed by atoms with E-state index in [0.717, 1.165) is 36.3 Å². The van der Waals surface area contributed by atoms with Gasteiger partial charge in [-0.05, 0) is 82.2 Å². The van der Waals surface area contributed by atoms with Crippen LogP contribution in [0.5, 0.6) is 5.75 Å². The number of hydrogen-bond donors (Lipinski definition) is 6. The molecule has 2 aromatic rings. The molecule has 0 aliphatic carbocycles. The fourth-order valence-electron chi connectivity index (χ4n) is 7.20. The Labute approximate surface area is 363 Å². The first kappa shape index (κ1) is 50.5. The molecule has 7 atom stereocenters. The number of esters is 1. The predicted molar refractivity (Wildman–Crippen MR) is 230 cm³/mol. The number of rotatable bonds is 22. The van der Waals surface area contributed by atoms with Gasteiger partial charge in [0.15, 0.2) is 6.73 Å². The lowest BCUT2D eigenvalue weighted by molar-refractivity contribution is -0.159. The van der Waals surface area contributed by atoms with Crippen LogP contribution in [0.25, 0.3) is 0 Å². The van der Waals surface area contributed by atoms with Gasteiger partial charge in [0, 0.05) is 36.2 Å². The Morgan fingerprint density at radius 2 is 1.67 bits per heavy atom. The standard InChI is InChI=1S/C43H67N7O10S/c1-9-14-36(53)60-25-50(42(57)37(27(6)10-2)46-40(56)33-15-12-13-20-49(33)8)34(26(4)5)23-35(52)41-45-32(24-61-41)39(55)44-30(22-29-16-18-31(51)19-17-29)21-28(7)38(54)47-48-43(58)59-11-3/h16-19,24,26-28,30,33-35,37,51-52H,9-15,20-23,25H2,1-8H3,(H,44,55)(H,46,56)(H,47,54)(H,48,58)/t27?,28-,30+,33+,34+,35+,37-/m0/s1. The summed E-state index contributed by atoms with van der Waals surface area (Å²) in [4.78, 5) is 87.0. The van der Waals surface area contributed by atoms with Crippen LogP contribution in [0.2, 0.25) is 0 Å². The summed E-state index contributed by atoms with van der Waals surface area (Å²) in [6.45, 7) is 13.3. The van der Waals surface area contributed by atoms with E-state index in [1.807, 2.05) is 46.6 Å². The van der Waals surface area contributed by atoms with Crippen LogP contribution in [0.3, 0.4) is 0 Å². The van der Waals surface area contributed by atoms with Crippen LogP contribution >= 0.6 is 11.3 Å². The lowest BCUT2D eigenvalue weighted by Crippen LogP contribution is -2.59. The maximum atomic E-state index is 14.6. The summed E-state index contributed by atoms with van der Waals surface area (Å²) in [5.41, 5.74) is 5.33. The van der Waals surface area contributed by atoms with Crippen molar-refractivity contribution in [1.29, 1.82) is 0 Å². The number of ether oxygens (including phenoxy) is 2. The number of aliphatic hydroxyl groups excluding tert-OH is 1. The first-order valence-electron chi connectivity index (χ1n) is 21.4. The Balaban J connectivity index is 1.84. The third kappa shape index (κ3) is 15.9. The molecule has 1 aromatic carbocycles. The molecule has 0 spiro atoms. The third-order valence-electron chi connectivity index (χ3n) is 11.0. The summed E-state index contributed by atoms with van der Waals surface area (Å²) < 4.78 is 10.4. The Morgan fingerprint density at radius 1 is 0.967 bits per heavy atom. The maximum absolute atomic E-state index is 14.6. The quantitative estimate of drug-likeness (QED) is 0.0543. The predicted octanol–water partition coefficient (Wildman–Crippen LogP) is 4.59. The van der Waals surface area contributed by atoms with Crippen molar-refractivity contribution in [3.63, 3.8) is 0 Å². The number of hydrazine groups is 1. The molecule has 5 amide bonds.